The maximum atomic E-state index is 9.85. The molecule has 2 heteroatoms. The van der Waals surface area contributed by atoms with E-state index in [-0.39, 0.29) is 5.91 Å². The van der Waals surface area contributed by atoms with Gasteiger partial charge in [-0.1, -0.05) is 0 Å². The first-order chi connectivity index (χ1) is 2.77. The summed E-state index contributed by atoms with van der Waals surface area (Å²) in [5, 5.41) is 0. The average molecular weight is 85.1 g/mol. The quantitative estimate of drug-likeness (QED) is 0.396. The van der Waals surface area contributed by atoms with Gasteiger partial charge < -0.3 is 0 Å². The molecule has 0 aliphatic rings. The molecule has 0 aromatic heterocycles. The molecular formula is C4H7NO. The van der Waals surface area contributed by atoms with Crippen LogP contribution < -0.4 is 0 Å². The molecule has 0 spiro atoms. The van der Waals surface area contributed by atoms with Gasteiger partial charge in [0.25, 0.3) is 0 Å². The Hall–Kier alpha value is -0.660. The van der Waals surface area contributed by atoms with Crippen molar-refractivity contribution in [3.63, 3.8) is 0 Å². The molecule has 34 valence electrons. The van der Waals surface area contributed by atoms with Gasteiger partial charge in [-0.25, -0.2) is 4.99 Å². The van der Waals surface area contributed by atoms with Crippen LogP contribution in [0.2, 0.25) is 0 Å². The Bertz CT molecular complexity index is 75.6. The van der Waals surface area contributed by atoms with Crippen molar-refractivity contribution in [1.29, 1.82) is 0 Å². The van der Waals surface area contributed by atoms with Crippen LogP contribution in [0.1, 0.15) is 13.8 Å². The van der Waals surface area contributed by atoms with Gasteiger partial charge in [-0.3, -0.25) is 4.79 Å². The van der Waals surface area contributed by atoms with Gasteiger partial charge in [0.2, 0.25) is 5.91 Å². The van der Waals surface area contributed by atoms with Crippen molar-refractivity contribution in [3.05, 3.63) is 0 Å². The number of hydrogen-bond acceptors (Lipinski definition) is 1. The van der Waals surface area contributed by atoms with Crippen molar-refractivity contribution in [2.24, 2.45) is 4.99 Å². The molecule has 2 nitrogen and oxygen atoms in total. The summed E-state index contributed by atoms with van der Waals surface area (Å²) in [5.74, 6) is -0.141. The molecule has 0 saturated carbocycles. The molecule has 0 rings (SSSR count). The predicted molar refractivity (Wildman–Crippen MR) is 24.8 cm³/mol. The van der Waals surface area contributed by atoms with Crippen molar-refractivity contribution in [1.82, 2.24) is 0 Å². The zero-order chi connectivity index (χ0) is 4.99. The minimum absolute atomic E-state index is 0.141. The van der Waals surface area contributed by atoms with Crippen molar-refractivity contribution in [2.75, 3.05) is 0 Å². The highest BCUT2D eigenvalue weighted by Gasteiger charge is 1.73. The summed E-state index contributed by atoms with van der Waals surface area (Å²) in [5.41, 5.74) is 0. The molecule has 0 bridgehead atoms. The maximum absolute atomic E-state index is 9.85. The molecular weight excluding hydrogens is 78.0 g/mol. The number of nitrogens with zero attached hydrogens (tertiary/aromatic N) is 1. The Morgan fingerprint density at radius 3 is 2.33 bits per heavy atom. The lowest BCUT2D eigenvalue weighted by Crippen LogP contribution is -1.78. The van der Waals surface area contributed by atoms with Crippen molar-refractivity contribution in [2.45, 2.75) is 13.8 Å². The Morgan fingerprint density at radius 2 is 2.33 bits per heavy atom. The Morgan fingerprint density at radius 1 is 1.83 bits per heavy atom. The number of carbonyl (C=O) groups excluding carboxylic acids is 1. The van der Waals surface area contributed by atoms with Crippen LogP contribution in [0.25, 0.3) is 0 Å². The van der Waals surface area contributed by atoms with E-state index in [9.17, 15) is 4.79 Å². The Balaban J connectivity index is 3.30. The van der Waals surface area contributed by atoms with E-state index in [1.807, 2.05) is 0 Å². The molecule has 0 atom stereocenters. The number of carbonyl (C=O) groups is 1. The number of rotatable bonds is 0. The van der Waals surface area contributed by atoms with Crippen LogP contribution in [0.3, 0.4) is 0 Å². The zero-order valence-electron chi connectivity index (χ0n) is 3.93. The van der Waals surface area contributed by atoms with Gasteiger partial charge in [-0.15, -0.1) is 0 Å². The molecule has 0 aromatic rings. The second kappa shape index (κ2) is 2.57. The van der Waals surface area contributed by atoms with E-state index in [0.29, 0.717) is 0 Å². The molecule has 0 saturated heterocycles. The second-order valence-electron chi connectivity index (χ2n) is 0.906. The summed E-state index contributed by atoms with van der Waals surface area (Å²) >= 11 is 0. The van der Waals surface area contributed by atoms with Crippen LogP contribution in [-0.2, 0) is 4.79 Å². The van der Waals surface area contributed by atoms with E-state index < -0.39 is 0 Å². The highest BCUT2D eigenvalue weighted by Crippen LogP contribution is 1.63. The molecule has 0 radical (unpaired) electrons. The van der Waals surface area contributed by atoms with Gasteiger partial charge in [-0.2, -0.15) is 0 Å². The topological polar surface area (TPSA) is 29.4 Å². The van der Waals surface area contributed by atoms with E-state index in [2.05, 4.69) is 4.99 Å². The fourth-order valence-electron chi connectivity index (χ4n) is 0.182. The fraction of sp³-hybridized carbons (Fsp3) is 0.500. The summed E-state index contributed by atoms with van der Waals surface area (Å²) in [6, 6.07) is 0. The monoisotopic (exact) mass is 85.1 g/mol. The van der Waals surface area contributed by atoms with Gasteiger partial charge in [0.1, 0.15) is 0 Å². The molecule has 1 amide bonds. The first-order valence-corrected chi connectivity index (χ1v) is 1.76. The van der Waals surface area contributed by atoms with Gasteiger partial charge in [0.15, 0.2) is 0 Å². The molecule has 0 aliphatic carbocycles. The molecule has 0 unspecified atom stereocenters. The lowest BCUT2D eigenvalue weighted by molar-refractivity contribution is -0.115. The summed E-state index contributed by atoms with van der Waals surface area (Å²) in [4.78, 5) is 13.2. The van der Waals surface area contributed by atoms with E-state index in [0.717, 1.165) is 0 Å². The Labute approximate surface area is 36.9 Å². The lowest BCUT2D eigenvalue weighted by atomic mass is 10.7. The number of hydrogen-bond donors (Lipinski definition) is 0. The van der Waals surface area contributed by atoms with Crippen LogP contribution >= 0.6 is 0 Å². The zero-order valence-corrected chi connectivity index (χ0v) is 3.93. The van der Waals surface area contributed by atoms with Crippen LogP contribution in [-0.4, -0.2) is 12.1 Å². The number of amides is 1. The van der Waals surface area contributed by atoms with Crippen molar-refractivity contribution in [3.8, 4) is 0 Å². The van der Waals surface area contributed by atoms with Gasteiger partial charge in [0.05, 0.1) is 0 Å². The SMILES string of the molecule is C/C=N/C(C)=O. The largest absolute Gasteiger partial charge is 0.273 e. The third kappa shape index (κ3) is 3.34. The maximum Gasteiger partial charge on any atom is 0.242 e. The van der Waals surface area contributed by atoms with Gasteiger partial charge in [-0.05, 0) is 6.92 Å². The molecule has 0 aliphatic heterocycles. The van der Waals surface area contributed by atoms with E-state index >= 15 is 0 Å². The summed E-state index contributed by atoms with van der Waals surface area (Å²) < 4.78 is 0. The molecule has 0 N–H and O–H groups in total. The van der Waals surface area contributed by atoms with E-state index in [4.69, 9.17) is 0 Å². The second-order valence-corrected chi connectivity index (χ2v) is 0.906. The standard InChI is InChI=1S/C4H7NO/c1-3-5-4(2)6/h3H,1-2H3/b5-3+. The van der Waals surface area contributed by atoms with Crippen LogP contribution in [0.15, 0.2) is 4.99 Å². The smallest absolute Gasteiger partial charge is 0.242 e. The molecule has 6 heavy (non-hydrogen) atoms. The number of aliphatic imine (C=N–C) groups is 1. The van der Waals surface area contributed by atoms with Crippen LogP contribution in [0.5, 0.6) is 0 Å². The van der Waals surface area contributed by atoms with Crippen molar-refractivity contribution < 1.29 is 4.79 Å². The molecule has 0 aromatic carbocycles. The lowest BCUT2D eigenvalue weighted by Gasteiger charge is -1.69. The minimum atomic E-state index is -0.141. The average Bonchev–Trinajstić information content (AvgIpc) is 1.35. The van der Waals surface area contributed by atoms with Gasteiger partial charge >= 0.3 is 0 Å². The normalized spacial score (nSPS) is 9.67. The first kappa shape index (κ1) is 5.34. The van der Waals surface area contributed by atoms with Crippen LogP contribution in [0.4, 0.5) is 0 Å². The highest BCUT2D eigenvalue weighted by atomic mass is 16.1. The highest BCUT2D eigenvalue weighted by molar-refractivity contribution is 5.81. The third-order valence-corrected chi connectivity index (χ3v) is 0.311. The third-order valence-electron chi connectivity index (χ3n) is 0.311. The first-order valence-electron chi connectivity index (χ1n) is 1.76. The predicted octanol–water partition coefficient (Wildman–Crippen LogP) is 0.624. The van der Waals surface area contributed by atoms with Crippen LogP contribution in [0, 0.1) is 0 Å². The fourth-order valence-corrected chi connectivity index (χ4v) is 0.182. The van der Waals surface area contributed by atoms with Gasteiger partial charge in [0, 0.05) is 13.1 Å². The molecule has 0 heterocycles. The Kier molecular flexibility index (Phi) is 2.29. The minimum Gasteiger partial charge on any atom is -0.273 e. The summed E-state index contributed by atoms with van der Waals surface area (Å²) in [6.07, 6.45) is 1.47. The van der Waals surface area contributed by atoms with Crippen molar-refractivity contribution >= 4 is 12.1 Å². The summed E-state index contributed by atoms with van der Waals surface area (Å²) in [7, 11) is 0. The molecule has 0 fully saturated rings. The van der Waals surface area contributed by atoms with E-state index in [1.54, 1.807) is 6.92 Å². The summed E-state index contributed by atoms with van der Waals surface area (Å²) in [6.45, 7) is 3.13. The van der Waals surface area contributed by atoms with E-state index in [1.165, 1.54) is 13.1 Å².